The van der Waals surface area contributed by atoms with Crippen LogP contribution in [0.15, 0.2) is 46.7 Å². The van der Waals surface area contributed by atoms with Crippen LogP contribution >= 0.6 is 11.3 Å². The molecule has 6 nitrogen and oxygen atoms in total. The number of thiophene rings is 1. The maximum absolute atomic E-state index is 12.9. The standard InChI is InChI=1S/C21H27N3O3S2/c1-17-6-8-18(9-7-17)29(26,27)24-13-11-22(12-14-24)21(25)16-23-10-2-4-19(23)20-5-3-15-28-20/h3,5-9,15,19H,2,4,10-14,16H2,1H3/t19-/m0/s1. The van der Waals surface area contributed by atoms with E-state index in [0.717, 1.165) is 24.9 Å². The number of aryl methyl sites for hydroxylation is 1. The monoisotopic (exact) mass is 433 g/mol. The van der Waals surface area contributed by atoms with Crippen LogP contribution in [0.3, 0.4) is 0 Å². The molecule has 156 valence electrons. The van der Waals surface area contributed by atoms with E-state index in [1.165, 1.54) is 9.18 Å². The van der Waals surface area contributed by atoms with E-state index in [0.29, 0.717) is 43.7 Å². The van der Waals surface area contributed by atoms with Crippen LogP contribution in [0.4, 0.5) is 0 Å². The van der Waals surface area contributed by atoms with E-state index in [9.17, 15) is 13.2 Å². The molecule has 0 N–H and O–H groups in total. The van der Waals surface area contributed by atoms with Crippen molar-refractivity contribution in [3.63, 3.8) is 0 Å². The van der Waals surface area contributed by atoms with Crippen molar-refractivity contribution in [2.75, 3.05) is 39.3 Å². The predicted octanol–water partition coefficient (Wildman–Crippen LogP) is 2.73. The molecule has 0 radical (unpaired) electrons. The Balaban J connectivity index is 1.34. The summed E-state index contributed by atoms with van der Waals surface area (Å²) >= 11 is 1.75. The molecule has 1 atom stereocenters. The second-order valence-electron chi connectivity index (χ2n) is 7.74. The van der Waals surface area contributed by atoms with E-state index < -0.39 is 10.0 Å². The molecule has 3 heterocycles. The SMILES string of the molecule is Cc1ccc(S(=O)(=O)N2CCN(C(=O)CN3CCC[C@H]3c3cccs3)CC2)cc1. The molecule has 1 aromatic carbocycles. The van der Waals surface area contributed by atoms with Gasteiger partial charge in [0.15, 0.2) is 0 Å². The van der Waals surface area contributed by atoms with Gasteiger partial charge in [-0.05, 0) is 49.9 Å². The van der Waals surface area contributed by atoms with Gasteiger partial charge in [0.05, 0.1) is 11.4 Å². The van der Waals surface area contributed by atoms with Crippen molar-refractivity contribution in [1.82, 2.24) is 14.1 Å². The van der Waals surface area contributed by atoms with Crippen LogP contribution in [-0.4, -0.2) is 67.7 Å². The first-order valence-electron chi connectivity index (χ1n) is 10.1. The van der Waals surface area contributed by atoms with Crippen LogP contribution in [0.25, 0.3) is 0 Å². The van der Waals surface area contributed by atoms with Gasteiger partial charge in [0.1, 0.15) is 0 Å². The summed E-state index contributed by atoms with van der Waals surface area (Å²) in [7, 11) is -3.50. The topological polar surface area (TPSA) is 60.9 Å². The van der Waals surface area contributed by atoms with Crippen molar-refractivity contribution in [2.24, 2.45) is 0 Å². The third kappa shape index (κ3) is 4.40. The highest BCUT2D eigenvalue weighted by Crippen LogP contribution is 2.34. The Hall–Kier alpha value is -1.74. The summed E-state index contributed by atoms with van der Waals surface area (Å²) in [6.45, 7) is 4.86. The zero-order chi connectivity index (χ0) is 20.4. The highest BCUT2D eigenvalue weighted by atomic mass is 32.2. The van der Waals surface area contributed by atoms with Gasteiger partial charge in [-0.25, -0.2) is 8.42 Å². The molecule has 1 aromatic heterocycles. The molecule has 2 aliphatic rings. The summed E-state index contributed by atoms with van der Waals surface area (Å²) in [4.78, 5) is 18.6. The lowest BCUT2D eigenvalue weighted by Gasteiger charge is -2.35. The second-order valence-corrected chi connectivity index (χ2v) is 10.7. The fourth-order valence-corrected chi connectivity index (χ4v) is 6.45. The van der Waals surface area contributed by atoms with Gasteiger partial charge in [0, 0.05) is 37.1 Å². The minimum atomic E-state index is -3.50. The molecule has 0 bridgehead atoms. The zero-order valence-electron chi connectivity index (χ0n) is 16.7. The summed E-state index contributed by atoms with van der Waals surface area (Å²) in [5.41, 5.74) is 1.03. The summed E-state index contributed by atoms with van der Waals surface area (Å²) in [5, 5.41) is 2.08. The van der Waals surface area contributed by atoms with Crippen molar-refractivity contribution in [2.45, 2.75) is 30.7 Å². The predicted molar refractivity (Wildman–Crippen MR) is 114 cm³/mol. The van der Waals surface area contributed by atoms with Crippen LogP contribution in [0, 0.1) is 6.92 Å². The Kier molecular flexibility index (Phi) is 6.06. The van der Waals surface area contributed by atoms with Crippen LogP contribution in [0.5, 0.6) is 0 Å². The Bertz CT molecular complexity index is 934. The molecule has 29 heavy (non-hydrogen) atoms. The summed E-state index contributed by atoms with van der Waals surface area (Å²) in [6.07, 6.45) is 2.20. The number of rotatable bonds is 5. The highest BCUT2D eigenvalue weighted by molar-refractivity contribution is 7.89. The van der Waals surface area contributed by atoms with Crippen molar-refractivity contribution < 1.29 is 13.2 Å². The summed E-state index contributed by atoms with van der Waals surface area (Å²) < 4.78 is 27.2. The number of sulfonamides is 1. The number of benzene rings is 1. The summed E-state index contributed by atoms with van der Waals surface area (Å²) in [5.74, 6) is 0.0980. The third-order valence-corrected chi connectivity index (χ3v) is 8.71. The fourth-order valence-electron chi connectivity index (χ4n) is 4.13. The molecule has 0 unspecified atom stereocenters. The quantitative estimate of drug-likeness (QED) is 0.728. The maximum Gasteiger partial charge on any atom is 0.243 e. The first-order chi connectivity index (χ1) is 13.9. The minimum Gasteiger partial charge on any atom is -0.339 e. The van der Waals surface area contributed by atoms with Gasteiger partial charge in [-0.1, -0.05) is 23.8 Å². The molecule has 1 amide bonds. The van der Waals surface area contributed by atoms with Gasteiger partial charge in [0.25, 0.3) is 0 Å². The highest BCUT2D eigenvalue weighted by Gasteiger charge is 2.33. The normalized spacial score (nSPS) is 21.6. The molecule has 8 heteroatoms. The number of hydrogen-bond donors (Lipinski definition) is 0. The Morgan fingerprint density at radius 2 is 1.79 bits per heavy atom. The van der Waals surface area contributed by atoms with E-state index in [1.54, 1.807) is 23.5 Å². The lowest BCUT2D eigenvalue weighted by molar-refractivity contribution is -0.133. The van der Waals surface area contributed by atoms with E-state index in [-0.39, 0.29) is 5.91 Å². The molecular formula is C21H27N3O3S2. The maximum atomic E-state index is 12.9. The smallest absolute Gasteiger partial charge is 0.243 e. The first kappa shape index (κ1) is 20.5. The lowest BCUT2D eigenvalue weighted by Crippen LogP contribution is -2.52. The van der Waals surface area contributed by atoms with Gasteiger partial charge in [-0.3, -0.25) is 9.69 Å². The van der Waals surface area contributed by atoms with E-state index in [2.05, 4.69) is 22.4 Å². The van der Waals surface area contributed by atoms with Crippen LogP contribution in [-0.2, 0) is 14.8 Å². The van der Waals surface area contributed by atoms with Gasteiger partial charge < -0.3 is 4.90 Å². The second kappa shape index (κ2) is 8.55. The molecule has 4 rings (SSSR count). The number of carbonyl (C=O) groups is 1. The molecule has 0 saturated carbocycles. The number of nitrogens with zero attached hydrogens (tertiary/aromatic N) is 3. The molecular weight excluding hydrogens is 406 g/mol. The van der Waals surface area contributed by atoms with Gasteiger partial charge in [0.2, 0.25) is 15.9 Å². The van der Waals surface area contributed by atoms with E-state index >= 15 is 0 Å². The Labute approximate surface area is 176 Å². The van der Waals surface area contributed by atoms with Crippen LogP contribution in [0.1, 0.15) is 29.3 Å². The number of piperazine rings is 1. The molecule has 2 aromatic rings. The van der Waals surface area contributed by atoms with Crippen molar-refractivity contribution in [3.8, 4) is 0 Å². The van der Waals surface area contributed by atoms with Crippen molar-refractivity contribution in [3.05, 3.63) is 52.2 Å². The molecule has 2 aliphatic heterocycles. The zero-order valence-corrected chi connectivity index (χ0v) is 18.3. The average molecular weight is 434 g/mol. The molecule has 0 aliphatic carbocycles. The largest absolute Gasteiger partial charge is 0.339 e. The Morgan fingerprint density at radius 1 is 1.07 bits per heavy atom. The van der Waals surface area contributed by atoms with Crippen molar-refractivity contribution >= 4 is 27.3 Å². The van der Waals surface area contributed by atoms with Gasteiger partial charge >= 0.3 is 0 Å². The minimum absolute atomic E-state index is 0.0980. The Morgan fingerprint density at radius 3 is 2.45 bits per heavy atom. The van der Waals surface area contributed by atoms with Crippen molar-refractivity contribution in [1.29, 1.82) is 0 Å². The third-order valence-electron chi connectivity index (χ3n) is 5.82. The van der Waals surface area contributed by atoms with Gasteiger partial charge in [-0.15, -0.1) is 11.3 Å². The lowest BCUT2D eigenvalue weighted by atomic mass is 10.2. The van der Waals surface area contributed by atoms with E-state index in [1.807, 2.05) is 24.0 Å². The first-order valence-corrected chi connectivity index (χ1v) is 12.4. The molecule has 0 spiro atoms. The summed E-state index contributed by atoms with van der Waals surface area (Å²) in [6, 6.07) is 11.5. The number of likely N-dealkylation sites (tertiary alicyclic amines) is 1. The van der Waals surface area contributed by atoms with Crippen LogP contribution in [0.2, 0.25) is 0 Å². The number of amides is 1. The van der Waals surface area contributed by atoms with Gasteiger partial charge in [-0.2, -0.15) is 4.31 Å². The van der Waals surface area contributed by atoms with Crippen LogP contribution < -0.4 is 0 Å². The molecule has 2 fully saturated rings. The van der Waals surface area contributed by atoms with E-state index in [4.69, 9.17) is 0 Å². The fraction of sp³-hybridized carbons (Fsp3) is 0.476. The molecule has 2 saturated heterocycles. The number of hydrogen-bond acceptors (Lipinski definition) is 5. The number of carbonyl (C=O) groups excluding carboxylic acids is 1. The average Bonchev–Trinajstić information content (AvgIpc) is 3.40.